The topological polar surface area (TPSA) is 124 Å². The Bertz CT molecular complexity index is 1230. The third-order valence-electron chi connectivity index (χ3n) is 7.03. The average molecular weight is 474 g/mol. The number of halogens is 2. The van der Waals surface area contributed by atoms with E-state index in [4.69, 9.17) is 17.3 Å². The number of benzene rings is 1. The molecule has 2 unspecified atom stereocenters. The summed E-state index contributed by atoms with van der Waals surface area (Å²) in [5.41, 5.74) is 7.20. The summed E-state index contributed by atoms with van der Waals surface area (Å²) in [5.74, 6) is -0.0769. The largest absolute Gasteiger partial charge is 0.383 e. The lowest BCUT2D eigenvalue weighted by atomic mass is 9.90. The van der Waals surface area contributed by atoms with E-state index in [9.17, 15) is 14.3 Å². The van der Waals surface area contributed by atoms with Crippen molar-refractivity contribution in [3.8, 4) is 0 Å². The molecule has 2 aromatic heterocycles. The van der Waals surface area contributed by atoms with Crippen molar-refractivity contribution in [2.24, 2.45) is 25.9 Å². The van der Waals surface area contributed by atoms with Gasteiger partial charge in [0.2, 0.25) is 0 Å². The summed E-state index contributed by atoms with van der Waals surface area (Å²) in [6.45, 7) is 0. The van der Waals surface area contributed by atoms with Crippen LogP contribution in [-0.4, -0.2) is 35.8 Å². The van der Waals surface area contributed by atoms with Crippen LogP contribution in [0.15, 0.2) is 24.4 Å². The summed E-state index contributed by atoms with van der Waals surface area (Å²) in [4.78, 5) is 13.1. The highest BCUT2D eigenvalue weighted by Crippen LogP contribution is 2.56. The molecule has 2 fully saturated rings. The van der Waals surface area contributed by atoms with Gasteiger partial charge in [-0.1, -0.05) is 16.8 Å². The van der Waals surface area contributed by atoms with Crippen LogP contribution >= 0.6 is 11.6 Å². The molecular weight excluding hydrogens is 449 g/mol. The van der Waals surface area contributed by atoms with E-state index in [0.29, 0.717) is 35.5 Å². The standard InChI is InChI=1S/C22H25ClFN7O2/c1-30-10-17(27-29-30)22(33)8-12-5-11(6-13(12)9-22)19-18(20(25)31(2)28-19)21(32)26-14-3-4-16(24)15(23)7-14/h3-4,7,10-13,33H,5-6,8-9,25H2,1-2H3,(H,26,32). The summed E-state index contributed by atoms with van der Waals surface area (Å²) in [7, 11) is 3.48. The number of anilines is 2. The Hall–Kier alpha value is -2.98. The second-order valence-corrected chi connectivity index (χ2v) is 9.67. The van der Waals surface area contributed by atoms with Gasteiger partial charge in [-0.3, -0.25) is 14.2 Å². The maximum atomic E-state index is 13.5. The fraction of sp³-hybridized carbons (Fsp3) is 0.455. The number of carbonyl (C=O) groups is 1. The number of nitrogens with zero attached hydrogens (tertiary/aromatic N) is 5. The Kier molecular flexibility index (Phi) is 5.17. The number of aryl methyl sites for hydroxylation is 2. The summed E-state index contributed by atoms with van der Waals surface area (Å²) in [6, 6.07) is 3.99. The van der Waals surface area contributed by atoms with Crippen LogP contribution in [0.3, 0.4) is 0 Å². The van der Waals surface area contributed by atoms with Gasteiger partial charge in [0.15, 0.2) is 0 Å². The molecule has 33 heavy (non-hydrogen) atoms. The third kappa shape index (κ3) is 3.76. The molecule has 0 saturated heterocycles. The monoisotopic (exact) mass is 473 g/mol. The molecular formula is C22H25ClFN7O2. The molecule has 2 aliphatic carbocycles. The molecule has 1 aromatic carbocycles. The molecule has 2 saturated carbocycles. The average Bonchev–Trinajstić information content (AvgIpc) is 3.48. The van der Waals surface area contributed by atoms with Gasteiger partial charge in [-0.05, 0) is 55.7 Å². The Balaban J connectivity index is 1.36. The van der Waals surface area contributed by atoms with Crippen molar-refractivity contribution in [1.29, 1.82) is 0 Å². The molecule has 4 N–H and O–H groups in total. The van der Waals surface area contributed by atoms with Gasteiger partial charge < -0.3 is 16.2 Å². The second kappa shape index (κ2) is 7.81. The fourth-order valence-corrected chi connectivity index (χ4v) is 5.68. The van der Waals surface area contributed by atoms with Crippen LogP contribution in [0.25, 0.3) is 0 Å². The molecule has 2 atom stereocenters. The summed E-state index contributed by atoms with van der Waals surface area (Å²) >= 11 is 5.84. The lowest BCUT2D eigenvalue weighted by Gasteiger charge is -2.22. The van der Waals surface area contributed by atoms with Crippen LogP contribution in [0.5, 0.6) is 0 Å². The number of fused-ring (bicyclic) bond motifs is 1. The van der Waals surface area contributed by atoms with E-state index in [-0.39, 0.29) is 28.6 Å². The van der Waals surface area contributed by atoms with Crippen LogP contribution in [0, 0.1) is 17.7 Å². The van der Waals surface area contributed by atoms with Crippen molar-refractivity contribution in [1.82, 2.24) is 24.8 Å². The Labute approximate surface area is 194 Å². The van der Waals surface area contributed by atoms with Crippen LogP contribution < -0.4 is 11.1 Å². The lowest BCUT2D eigenvalue weighted by Crippen LogP contribution is -2.24. The van der Waals surface area contributed by atoms with Crippen molar-refractivity contribution in [2.75, 3.05) is 11.1 Å². The smallest absolute Gasteiger partial charge is 0.261 e. The molecule has 0 spiro atoms. The Morgan fingerprint density at radius 2 is 2.00 bits per heavy atom. The molecule has 174 valence electrons. The number of aromatic nitrogens is 5. The van der Waals surface area contributed by atoms with E-state index in [0.717, 1.165) is 12.8 Å². The highest BCUT2D eigenvalue weighted by atomic mass is 35.5. The minimum absolute atomic E-state index is 0.0486. The maximum Gasteiger partial charge on any atom is 0.261 e. The number of carbonyl (C=O) groups excluding carboxylic acids is 1. The first-order valence-corrected chi connectivity index (χ1v) is 11.2. The number of nitrogens with two attached hydrogens (primary N) is 1. The number of aliphatic hydroxyl groups is 1. The molecule has 2 heterocycles. The highest BCUT2D eigenvalue weighted by Gasteiger charge is 2.51. The van der Waals surface area contributed by atoms with Gasteiger partial charge >= 0.3 is 0 Å². The zero-order chi connectivity index (χ0) is 23.5. The van der Waals surface area contributed by atoms with E-state index in [1.54, 1.807) is 25.0 Å². The molecule has 2 aliphatic rings. The van der Waals surface area contributed by atoms with Gasteiger partial charge in [0.25, 0.3) is 5.91 Å². The van der Waals surface area contributed by atoms with Crippen LogP contribution in [0.1, 0.15) is 53.3 Å². The molecule has 9 nitrogen and oxygen atoms in total. The molecule has 5 rings (SSSR count). The van der Waals surface area contributed by atoms with Crippen molar-refractivity contribution in [3.05, 3.63) is 52.2 Å². The number of nitrogen functional groups attached to an aromatic ring is 1. The predicted molar refractivity (Wildman–Crippen MR) is 120 cm³/mol. The van der Waals surface area contributed by atoms with Crippen LogP contribution in [-0.2, 0) is 19.7 Å². The SMILES string of the molecule is Cn1cc(C2(O)CC3CC(c4nn(C)c(N)c4C(=O)Nc4ccc(F)c(Cl)c4)CC3C2)nn1. The molecule has 3 aromatic rings. The summed E-state index contributed by atoms with van der Waals surface area (Å²) in [6.07, 6.45) is 4.57. The summed E-state index contributed by atoms with van der Waals surface area (Å²) < 4.78 is 16.6. The van der Waals surface area contributed by atoms with Crippen LogP contribution in [0.4, 0.5) is 15.9 Å². The quantitative estimate of drug-likeness (QED) is 0.535. The number of hydrogen-bond acceptors (Lipinski definition) is 6. The Morgan fingerprint density at radius 3 is 2.61 bits per heavy atom. The number of nitrogens with one attached hydrogen (secondary N) is 1. The molecule has 0 radical (unpaired) electrons. The normalized spacial score (nSPS) is 26.5. The predicted octanol–water partition coefficient (Wildman–Crippen LogP) is 2.97. The van der Waals surface area contributed by atoms with Crippen molar-refractivity contribution >= 4 is 29.0 Å². The molecule has 1 amide bonds. The first-order valence-electron chi connectivity index (χ1n) is 10.8. The van der Waals surface area contributed by atoms with E-state index < -0.39 is 17.3 Å². The molecule has 0 bridgehead atoms. The van der Waals surface area contributed by atoms with Gasteiger partial charge in [0.05, 0.1) is 16.9 Å². The van der Waals surface area contributed by atoms with Crippen LogP contribution in [0.2, 0.25) is 5.02 Å². The molecule has 11 heteroatoms. The highest BCUT2D eigenvalue weighted by molar-refractivity contribution is 6.31. The maximum absolute atomic E-state index is 13.5. The Morgan fingerprint density at radius 1 is 1.30 bits per heavy atom. The van der Waals surface area contributed by atoms with Crippen molar-refractivity contribution in [2.45, 2.75) is 37.2 Å². The van der Waals surface area contributed by atoms with Gasteiger partial charge in [0, 0.05) is 25.7 Å². The third-order valence-corrected chi connectivity index (χ3v) is 7.32. The van der Waals surface area contributed by atoms with E-state index in [1.165, 1.54) is 22.9 Å². The van der Waals surface area contributed by atoms with Gasteiger partial charge in [-0.25, -0.2) is 4.39 Å². The van der Waals surface area contributed by atoms with E-state index in [1.807, 2.05) is 0 Å². The van der Waals surface area contributed by atoms with Gasteiger partial charge in [0.1, 0.15) is 28.5 Å². The number of hydrogen-bond donors (Lipinski definition) is 3. The lowest BCUT2D eigenvalue weighted by molar-refractivity contribution is 0.0299. The molecule has 0 aliphatic heterocycles. The first-order chi connectivity index (χ1) is 15.6. The summed E-state index contributed by atoms with van der Waals surface area (Å²) in [5, 5.41) is 26.5. The number of rotatable bonds is 4. The van der Waals surface area contributed by atoms with Gasteiger partial charge in [-0.2, -0.15) is 5.10 Å². The minimum Gasteiger partial charge on any atom is -0.383 e. The van der Waals surface area contributed by atoms with E-state index in [2.05, 4.69) is 20.7 Å². The zero-order valence-electron chi connectivity index (χ0n) is 18.3. The first kappa shape index (κ1) is 21.8. The van der Waals surface area contributed by atoms with Gasteiger partial charge in [-0.15, -0.1) is 5.10 Å². The zero-order valence-corrected chi connectivity index (χ0v) is 19.1. The second-order valence-electron chi connectivity index (χ2n) is 9.26. The minimum atomic E-state index is -0.972. The fourth-order valence-electron chi connectivity index (χ4n) is 5.50. The van der Waals surface area contributed by atoms with Crippen molar-refractivity contribution < 1.29 is 14.3 Å². The van der Waals surface area contributed by atoms with Crippen molar-refractivity contribution in [3.63, 3.8) is 0 Å². The number of amides is 1. The van der Waals surface area contributed by atoms with E-state index >= 15 is 0 Å².